The van der Waals surface area contributed by atoms with Gasteiger partial charge in [0.1, 0.15) is 11.4 Å². The lowest BCUT2D eigenvalue weighted by atomic mass is 9.82. The van der Waals surface area contributed by atoms with Crippen molar-refractivity contribution >= 4 is 31.6 Å². The molecule has 7 nitrogen and oxygen atoms in total. The highest BCUT2D eigenvalue weighted by atomic mass is 32.2. The van der Waals surface area contributed by atoms with Crippen molar-refractivity contribution in [2.24, 2.45) is 0 Å². The molecule has 2 rings (SSSR count). The summed E-state index contributed by atoms with van der Waals surface area (Å²) in [6, 6.07) is 4.73. The van der Waals surface area contributed by atoms with E-state index in [1.807, 2.05) is 25.3 Å². The summed E-state index contributed by atoms with van der Waals surface area (Å²) in [5, 5.41) is 0. The molecule has 0 saturated carbocycles. The molecule has 1 aliphatic heterocycles. The zero-order chi connectivity index (χ0) is 18.3. The molecule has 0 amide bonds. The Morgan fingerprint density at radius 3 is 2.25 bits per heavy atom. The minimum Gasteiger partial charge on any atom is -0.286 e. The quantitative estimate of drug-likeness (QED) is 0.446. The molecule has 2 N–H and O–H groups in total. The molecule has 1 aromatic carbocycles. The Bertz CT molecular complexity index is 898. The van der Waals surface area contributed by atoms with Gasteiger partial charge in [-0.3, -0.25) is 9.11 Å². The predicted octanol–water partition coefficient (Wildman–Crippen LogP) is 2.00. The van der Waals surface area contributed by atoms with Crippen LogP contribution in [-0.2, 0) is 25.7 Å². The van der Waals surface area contributed by atoms with Crippen LogP contribution in [-0.4, -0.2) is 48.5 Å². The third kappa shape index (κ3) is 3.69. The first-order chi connectivity index (χ1) is 10.9. The Balaban J connectivity index is 2.38. The van der Waals surface area contributed by atoms with E-state index in [9.17, 15) is 21.4 Å². The average Bonchev–Trinajstić information content (AvgIpc) is 2.62. The monoisotopic (exact) mass is 376 g/mol. The molecular formula is C15H22NO6S2+. The lowest BCUT2D eigenvalue weighted by molar-refractivity contribution is -0.439. The van der Waals surface area contributed by atoms with E-state index in [4.69, 9.17) is 4.55 Å². The van der Waals surface area contributed by atoms with Crippen LogP contribution in [0.4, 0.5) is 5.69 Å². The summed E-state index contributed by atoms with van der Waals surface area (Å²) in [4.78, 5) is -0.107. The largest absolute Gasteiger partial charge is 0.295 e. The van der Waals surface area contributed by atoms with Gasteiger partial charge >= 0.3 is 0 Å². The maximum atomic E-state index is 11.7. The van der Waals surface area contributed by atoms with Gasteiger partial charge in [0.15, 0.2) is 5.71 Å². The molecule has 24 heavy (non-hydrogen) atoms. The van der Waals surface area contributed by atoms with Crippen LogP contribution in [0, 0.1) is 0 Å². The topological polar surface area (TPSA) is 112 Å². The van der Waals surface area contributed by atoms with Crippen LogP contribution in [0.3, 0.4) is 0 Å². The highest BCUT2D eigenvalue weighted by Gasteiger charge is 2.46. The van der Waals surface area contributed by atoms with Crippen molar-refractivity contribution < 1.29 is 30.5 Å². The van der Waals surface area contributed by atoms with Crippen LogP contribution in [0.25, 0.3) is 0 Å². The van der Waals surface area contributed by atoms with Crippen LogP contribution in [0.5, 0.6) is 0 Å². The van der Waals surface area contributed by atoms with Crippen LogP contribution < -0.4 is 0 Å². The highest BCUT2D eigenvalue weighted by molar-refractivity contribution is 7.86. The van der Waals surface area contributed by atoms with Gasteiger partial charge in [-0.1, -0.05) is 6.07 Å². The maximum absolute atomic E-state index is 11.7. The van der Waals surface area contributed by atoms with Crippen LogP contribution in [0.2, 0.25) is 0 Å². The van der Waals surface area contributed by atoms with E-state index in [0.717, 1.165) is 5.71 Å². The van der Waals surface area contributed by atoms with E-state index >= 15 is 0 Å². The molecule has 134 valence electrons. The first kappa shape index (κ1) is 19.0. The molecule has 0 aliphatic carbocycles. The fourth-order valence-corrected chi connectivity index (χ4v) is 4.57. The first-order valence-electron chi connectivity index (χ1n) is 7.53. The standard InChI is InChI=1S/C15H21NO6S2/c1-11-15(2,3)14-12(7-6-8-13(14)24(20,21)22)16(11)9-4-5-10-23(17,18)19/h6-8H,4-5,9-10H2,1-3H3,(H-,17,18,19,20,21,22)/p+1. The lowest BCUT2D eigenvalue weighted by Gasteiger charge is -2.17. The fourth-order valence-electron chi connectivity index (χ4n) is 3.13. The highest BCUT2D eigenvalue weighted by Crippen LogP contribution is 2.43. The molecular weight excluding hydrogens is 354 g/mol. The van der Waals surface area contributed by atoms with Crippen molar-refractivity contribution in [2.45, 2.75) is 43.9 Å². The van der Waals surface area contributed by atoms with E-state index in [1.165, 1.54) is 6.07 Å². The Labute approximate surface area is 142 Å². The summed E-state index contributed by atoms with van der Waals surface area (Å²) in [7, 11) is -8.32. The second-order valence-electron chi connectivity index (χ2n) is 6.48. The number of benzene rings is 1. The molecule has 9 heteroatoms. The van der Waals surface area contributed by atoms with Gasteiger partial charge in [0, 0.05) is 19.4 Å². The third-order valence-electron chi connectivity index (χ3n) is 4.54. The zero-order valence-corrected chi connectivity index (χ0v) is 15.5. The van der Waals surface area contributed by atoms with Crippen molar-refractivity contribution in [1.82, 2.24) is 0 Å². The van der Waals surface area contributed by atoms with Gasteiger partial charge in [0.25, 0.3) is 20.2 Å². The van der Waals surface area contributed by atoms with E-state index < -0.39 is 25.7 Å². The molecule has 0 atom stereocenters. The zero-order valence-electron chi connectivity index (χ0n) is 13.9. The molecule has 1 aromatic rings. The predicted molar refractivity (Wildman–Crippen MR) is 90.4 cm³/mol. The van der Waals surface area contributed by atoms with Gasteiger partial charge in [-0.25, -0.2) is 0 Å². The molecule has 0 spiro atoms. The molecule has 0 unspecified atom stereocenters. The number of hydrogen-bond donors (Lipinski definition) is 2. The molecule has 1 aliphatic rings. The average molecular weight is 376 g/mol. The Kier molecular flexibility index (Phi) is 4.93. The lowest BCUT2D eigenvalue weighted by Crippen LogP contribution is -2.28. The molecule has 0 saturated heterocycles. The molecule has 0 fully saturated rings. The normalized spacial score (nSPS) is 17.2. The summed E-state index contributed by atoms with van der Waals surface area (Å²) < 4.78 is 65.2. The summed E-state index contributed by atoms with van der Waals surface area (Å²) in [6.45, 7) is 6.14. The van der Waals surface area contributed by atoms with Crippen molar-refractivity contribution in [3.05, 3.63) is 23.8 Å². The van der Waals surface area contributed by atoms with Crippen molar-refractivity contribution in [1.29, 1.82) is 0 Å². The minimum atomic E-state index is -4.34. The van der Waals surface area contributed by atoms with E-state index in [2.05, 4.69) is 0 Å². The minimum absolute atomic E-state index is 0.107. The van der Waals surface area contributed by atoms with Gasteiger partial charge in [-0.05, 0) is 26.3 Å². The molecule has 1 heterocycles. The van der Waals surface area contributed by atoms with Gasteiger partial charge in [0.05, 0.1) is 16.7 Å². The van der Waals surface area contributed by atoms with Crippen molar-refractivity contribution in [2.75, 3.05) is 12.3 Å². The van der Waals surface area contributed by atoms with Crippen LogP contribution in [0.15, 0.2) is 23.1 Å². The number of rotatable bonds is 6. The fraction of sp³-hybridized carbons (Fsp3) is 0.533. The van der Waals surface area contributed by atoms with Gasteiger partial charge in [-0.15, -0.1) is 0 Å². The maximum Gasteiger partial charge on any atom is 0.295 e. The summed E-state index contributed by atoms with van der Waals surface area (Å²) in [5.41, 5.74) is 1.57. The van der Waals surface area contributed by atoms with E-state index in [1.54, 1.807) is 12.1 Å². The van der Waals surface area contributed by atoms with E-state index in [-0.39, 0.29) is 10.6 Å². The number of nitrogens with zero attached hydrogens (tertiary/aromatic N) is 1. The van der Waals surface area contributed by atoms with Gasteiger partial charge in [-0.2, -0.15) is 21.4 Å². The SMILES string of the molecule is CC1=[N+](CCCCS(=O)(=O)O)c2cccc(S(=O)(=O)O)c2C1(C)C. The molecule has 0 bridgehead atoms. The summed E-state index contributed by atoms with van der Waals surface area (Å²) in [6.07, 6.45) is 0.819. The second kappa shape index (κ2) is 6.21. The summed E-state index contributed by atoms with van der Waals surface area (Å²) >= 11 is 0. The van der Waals surface area contributed by atoms with Crippen LogP contribution in [0.1, 0.15) is 39.2 Å². The Morgan fingerprint density at radius 2 is 1.71 bits per heavy atom. The van der Waals surface area contributed by atoms with Gasteiger partial charge in [0.2, 0.25) is 5.69 Å². The van der Waals surface area contributed by atoms with Gasteiger partial charge < -0.3 is 0 Å². The number of unbranched alkanes of at least 4 members (excludes halogenated alkanes) is 1. The van der Waals surface area contributed by atoms with Crippen molar-refractivity contribution in [3.8, 4) is 0 Å². The smallest absolute Gasteiger partial charge is 0.286 e. The van der Waals surface area contributed by atoms with Crippen LogP contribution >= 0.6 is 0 Å². The Hall–Kier alpha value is -1.29. The molecule has 0 aromatic heterocycles. The molecule has 0 radical (unpaired) electrons. The van der Waals surface area contributed by atoms with E-state index in [0.29, 0.717) is 30.6 Å². The summed E-state index contributed by atoms with van der Waals surface area (Å²) in [5.74, 6) is -0.304. The van der Waals surface area contributed by atoms with Crippen molar-refractivity contribution in [3.63, 3.8) is 0 Å². The third-order valence-corrected chi connectivity index (χ3v) is 6.24. The number of fused-ring (bicyclic) bond motifs is 1. The first-order valence-corrected chi connectivity index (χ1v) is 10.6. The number of hydrogen-bond acceptors (Lipinski definition) is 4. The Morgan fingerprint density at radius 1 is 1.08 bits per heavy atom. The second-order valence-corrected chi connectivity index (χ2v) is 9.44.